The van der Waals surface area contributed by atoms with Crippen LogP contribution in [0.2, 0.25) is 0 Å². The standard InChI is InChI=1S/C18H16F3N5O3/c1-17(2)7-11-13(12(27)8-17)14(9-3-5-10(6-4-9)26(28)29)25-16(22-11)23-15(24-25)18(19,20)21/h3-7,13-14H,8H2,1-2H3,(H,22,23,24)/t13-,14-/m1/s1. The molecule has 2 atom stereocenters. The highest BCUT2D eigenvalue weighted by Gasteiger charge is 2.47. The number of halogens is 3. The van der Waals surface area contributed by atoms with Crippen molar-refractivity contribution in [1.29, 1.82) is 0 Å². The highest BCUT2D eigenvalue weighted by molar-refractivity contribution is 5.88. The Labute approximate surface area is 162 Å². The quantitative estimate of drug-likeness (QED) is 0.601. The van der Waals surface area contributed by atoms with Crippen LogP contribution in [0.3, 0.4) is 0 Å². The number of Topliss-reactive ketones (excluding diaryl/α,β-unsaturated/α-hetero) is 1. The van der Waals surface area contributed by atoms with E-state index in [1.165, 1.54) is 24.3 Å². The number of anilines is 1. The van der Waals surface area contributed by atoms with Crippen molar-refractivity contribution in [2.24, 2.45) is 11.3 Å². The summed E-state index contributed by atoms with van der Waals surface area (Å²) in [5, 5.41) is 17.4. The number of non-ortho nitro benzene ring substituents is 1. The van der Waals surface area contributed by atoms with Gasteiger partial charge >= 0.3 is 6.18 Å². The number of benzene rings is 1. The van der Waals surface area contributed by atoms with Gasteiger partial charge in [0.15, 0.2) is 0 Å². The van der Waals surface area contributed by atoms with Crippen molar-refractivity contribution in [3.8, 4) is 0 Å². The van der Waals surface area contributed by atoms with Gasteiger partial charge in [-0.2, -0.15) is 18.2 Å². The minimum absolute atomic E-state index is 0.131. The van der Waals surface area contributed by atoms with Gasteiger partial charge in [-0.05, 0) is 11.0 Å². The summed E-state index contributed by atoms with van der Waals surface area (Å²) in [4.78, 5) is 26.9. The third-order valence-electron chi connectivity index (χ3n) is 5.02. The Balaban J connectivity index is 1.90. The maximum Gasteiger partial charge on any atom is 0.453 e. The van der Waals surface area contributed by atoms with Gasteiger partial charge in [0.1, 0.15) is 5.78 Å². The zero-order chi connectivity index (χ0) is 21.1. The van der Waals surface area contributed by atoms with E-state index in [4.69, 9.17) is 0 Å². The minimum atomic E-state index is -4.76. The molecule has 0 saturated carbocycles. The molecule has 152 valence electrons. The molecule has 2 aromatic rings. The van der Waals surface area contributed by atoms with Gasteiger partial charge in [0.25, 0.3) is 11.5 Å². The van der Waals surface area contributed by atoms with Crippen LogP contribution in [0.5, 0.6) is 0 Å². The predicted molar refractivity (Wildman–Crippen MR) is 94.9 cm³/mol. The second-order valence-electron chi connectivity index (χ2n) is 7.83. The summed E-state index contributed by atoms with van der Waals surface area (Å²) in [5.74, 6) is -2.40. The van der Waals surface area contributed by atoms with Crippen LogP contribution in [0, 0.1) is 21.4 Å². The lowest BCUT2D eigenvalue weighted by Crippen LogP contribution is -2.42. The molecule has 0 unspecified atom stereocenters. The number of allylic oxidation sites excluding steroid dienone is 2. The number of alkyl halides is 3. The fraction of sp³-hybridized carbons (Fsp3) is 0.389. The zero-order valence-electron chi connectivity index (χ0n) is 15.4. The second-order valence-corrected chi connectivity index (χ2v) is 7.83. The topological polar surface area (TPSA) is 103 Å². The molecule has 11 heteroatoms. The lowest BCUT2D eigenvalue weighted by Gasteiger charge is -2.40. The number of nitro benzene ring substituents is 1. The molecule has 2 aliphatic rings. The number of nitrogens with one attached hydrogen (secondary N) is 1. The van der Waals surface area contributed by atoms with E-state index in [-0.39, 0.29) is 23.8 Å². The van der Waals surface area contributed by atoms with Crippen LogP contribution < -0.4 is 5.32 Å². The molecule has 2 heterocycles. The summed E-state index contributed by atoms with van der Waals surface area (Å²) in [5.41, 5.74) is 0.263. The highest BCUT2D eigenvalue weighted by atomic mass is 19.4. The minimum Gasteiger partial charge on any atom is -0.328 e. The Morgan fingerprint density at radius 3 is 2.52 bits per heavy atom. The second kappa shape index (κ2) is 6.13. The first-order valence-corrected chi connectivity index (χ1v) is 8.77. The SMILES string of the molecule is CC1(C)C=C2Nc3nc(C(F)(F)F)nn3[C@H](c3ccc([N+](=O)[O-])cc3)[C@H]2C(=O)C1. The zero-order valence-corrected chi connectivity index (χ0v) is 15.4. The molecule has 1 aromatic carbocycles. The van der Waals surface area contributed by atoms with E-state index in [2.05, 4.69) is 15.4 Å². The van der Waals surface area contributed by atoms with Gasteiger partial charge in [0.05, 0.1) is 16.9 Å². The number of fused-ring (bicyclic) bond motifs is 2. The molecule has 29 heavy (non-hydrogen) atoms. The van der Waals surface area contributed by atoms with E-state index in [0.29, 0.717) is 11.3 Å². The molecule has 0 saturated heterocycles. The van der Waals surface area contributed by atoms with Crippen molar-refractivity contribution in [3.05, 3.63) is 57.5 Å². The molecule has 0 fully saturated rings. The normalized spacial score (nSPS) is 22.9. The van der Waals surface area contributed by atoms with Gasteiger partial charge in [-0.15, -0.1) is 5.10 Å². The van der Waals surface area contributed by atoms with E-state index in [1.807, 2.05) is 19.9 Å². The average molecular weight is 407 g/mol. The molecule has 1 N–H and O–H groups in total. The van der Waals surface area contributed by atoms with Crippen molar-refractivity contribution in [3.63, 3.8) is 0 Å². The third kappa shape index (κ3) is 3.26. The monoisotopic (exact) mass is 407 g/mol. The molecule has 1 aromatic heterocycles. The van der Waals surface area contributed by atoms with Gasteiger partial charge in [-0.3, -0.25) is 14.9 Å². The highest BCUT2D eigenvalue weighted by Crippen LogP contribution is 2.46. The smallest absolute Gasteiger partial charge is 0.328 e. The van der Waals surface area contributed by atoms with E-state index in [9.17, 15) is 28.1 Å². The number of ketones is 1. The third-order valence-corrected chi connectivity index (χ3v) is 5.02. The van der Waals surface area contributed by atoms with E-state index < -0.39 is 34.3 Å². The Hall–Kier alpha value is -3.24. The Bertz CT molecular complexity index is 1040. The number of hydrogen-bond donors (Lipinski definition) is 1. The Morgan fingerprint density at radius 2 is 1.93 bits per heavy atom. The van der Waals surface area contributed by atoms with Crippen molar-refractivity contribution < 1.29 is 22.9 Å². The van der Waals surface area contributed by atoms with Crippen LogP contribution >= 0.6 is 0 Å². The van der Waals surface area contributed by atoms with Gasteiger partial charge in [0.2, 0.25) is 5.95 Å². The van der Waals surface area contributed by atoms with E-state index in [0.717, 1.165) is 4.68 Å². The van der Waals surface area contributed by atoms with Crippen molar-refractivity contribution in [2.45, 2.75) is 32.5 Å². The average Bonchev–Trinajstić information content (AvgIpc) is 3.03. The molecule has 1 aliphatic heterocycles. The predicted octanol–water partition coefficient (Wildman–Crippen LogP) is 3.72. The fourth-order valence-electron chi connectivity index (χ4n) is 3.87. The van der Waals surface area contributed by atoms with Gasteiger partial charge in [-0.1, -0.05) is 32.1 Å². The first-order chi connectivity index (χ1) is 13.5. The molecular formula is C18H16F3N5O3. The molecular weight excluding hydrogens is 391 g/mol. The molecule has 1 aliphatic carbocycles. The molecule has 0 bridgehead atoms. The largest absolute Gasteiger partial charge is 0.453 e. The summed E-state index contributed by atoms with van der Waals surface area (Å²) < 4.78 is 40.6. The summed E-state index contributed by atoms with van der Waals surface area (Å²) in [7, 11) is 0. The van der Waals surface area contributed by atoms with Crippen LogP contribution in [0.1, 0.15) is 37.7 Å². The lowest BCUT2D eigenvalue weighted by atomic mass is 9.72. The van der Waals surface area contributed by atoms with E-state index in [1.54, 1.807) is 0 Å². The summed E-state index contributed by atoms with van der Waals surface area (Å²) in [6.07, 6.45) is -2.72. The van der Waals surface area contributed by atoms with Crippen molar-refractivity contribution in [2.75, 3.05) is 5.32 Å². The number of carbonyl (C=O) groups excluding carboxylic acids is 1. The van der Waals surface area contributed by atoms with Crippen LogP contribution in [0.25, 0.3) is 0 Å². The number of nitro groups is 1. The van der Waals surface area contributed by atoms with Crippen LogP contribution in [0.15, 0.2) is 36.0 Å². The van der Waals surface area contributed by atoms with Crippen LogP contribution in [0.4, 0.5) is 24.8 Å². The Morgan fingerprint density at radius 1 is 1.28 bits per heavy atom. The van der Waals surface area contributed by atoms with Crippen molar-refractivity contribution in [1.82, 2.24) is 14.8 Å². The summed E-state index contributed by atoms with van der Waals surface area (Å²) in [6.45, 7) is 3.72. The fourth-order valence-corrected chi connectivity index (χ4v) is 3.87. The molecule has 4 rings (SSSR count). The maximum absolute atomic E-state index is 13.2. The maximum atomic E-state index is 13.2. The van der Waals surface area contributed by atoms with Gasteiger partial charge in [-0.25, -0.2) is 4.68 Å². The first-order valence-electron chi connectivity index (χ1n) is 8.77. The molecule has 0 radical (unpaired) electrons. The molecule has 0 spiro atoms. The van der Waals surface area contributed by atoms with E-state index >= 15 is 0 Å². The lowest BCUT2D eigenvalue weighted by molar-refractivity contribution is -0.384. The number of rotatable bonds is 2. The van der Waals surface area contributed by atoms with Gasteiger partial charge in [0, 0.05) is 24.3 Å². The molecule has 8 nitrogen and oxygen atoms in total. The summed E-state index contributed by atoms with van der Waals surface area (Å²) >= 11 is 0. The number of nitrogens with zero attached hydrogens (tertiary/aromatic N) is 4. The number of carbonyl (C=O) groups is 1. The molecule has 0 amide bonds. The first kappa shape index (κ1) is 19.1. The van der Waals surface area contributed by atoms with Crippen molar-refractivity contribution >= 4 is 17.4 Å². The van der Waals surface area contributed by atoms with Crippen LogP contribution in [-0.4, -0.2) is 25.5 Å². The van der Waals surface area contributed by atoms with Crippen LogP contribution in [-0.2, 0) is 11.0 Å². The number of aromatic nitrogens is 3. The van der Waals surface area contributed by atoms with Gasteiger partial charge < -0.3 is 5.32 Å². The number of hydrogen-bond acceptors (Lipinski definition) is 6. The summed E-state index contributed by atoms with van der Waals surface area (Å²) in [6, 6.07) is 4.46. The Kier molecular flexibility index (Phi) is 4.03.